The Bertz CT molecular complexity index is 755. The van der Waals surface area contributed by atoms with Crippen LogP contribution in [0.15, 0.2) is 42.5 Å². The lowest BCUT2D eigenvalue weighted by Crippen LogP contribution is -2.23. The molecule has 2 rings (SSSR count). The molecule has 0 aliphatic carbocycles. The number of hydrogen-bond donors (Lipinski definition) is 2. The number of carbonyl (C=O) groups excluding carboxylic acids is 1. The van der Waals surface area contributed by atoms with Crippen LogP contribution in [-0.2, 0) is 22.7 Å². The van der Waals surface area contributed by atoms with E-state index in [2.05, 4.69) is 5.32 Å². The zero-order chi connectivity index (χ0) is 18.9. The lowest BCUT2D eigenvalue weighted by Gasteiger charge is -2.14. The van der Waals surface area contributed by atoms with E-state index < -0.39 is 5.97 Å². The first-order valence-electron chi connectivity index (χ1n) is 8.31. The van der Waals surface area contributed by atoms with Crippen LogP contribution in [0.5, 0.6) is 11.5 Å². The van der Waals surface area contributed by atoms with E-state index in [1.165, 1.54) is 5.56 Å². The zero-order valence-corrected chi connectivity index (χ0v) is 15.0. The first kappa shape index (κ1) is 19.3. The number of carboxylic acid groups (broad SMARTS) is 1. The number of ether oxygens (including phenoxy) is 2. The minimum Gasteiger partial charge on any atom is -0.497 e. The number of aryl methyl sites for hydroxylation is 1. The van der Waals surface area contributed by atoms with Gasteiger partial charge in [0.05, 0.1) is 13.5 Å². The Labute approximate surface area is 152 Å². The Kier molecular flexibility index (Phi) is 7.02. The number of hydrogen-bond acceptors (Lipinski definition) is 4. The SMILES string of the molecule is COc1ccc(CNC(=O)CCC(=O)O)c(OCc2ccc(C)cc2)c1. The first-order valence-corrected chi connectivity index (χ1v) is 8.31. The van der Waals surface area contributed by atoms with Gasteiger partial charge in [-0.25, -0.2) is 0 Å². The van der Waals surface area contributed by atoms with Crippen LogP contribution in [0.25, 0.3) is 0 Å². The Morgan fingerprint density at radius 2 is 1.81 bits per heavy atom. The summed E-state index contributed by atoms with van der Waals surface area (Å²) in [4.78, 5) is 22.3. The number of rotatable bonds is 9. The second-order valence-electron chi connectivity index (χ2n) is 5.92. The molecule has 138 valence electrons. The third kappa shape index (κ3) is 6.12. The molecule has 0 fully saturated rings. The fourth-order valence-electron chi connectivity index (χ4n) is 2.29. The van der Waals surface area contributed by atoms with Gasteiger partial charge in [0.15, 0.2) is 0 Å². The largest absolute Gasteiger partial charge is 0.497 e. The second-order valence-corrected chi connectivity index (χ2v) is 5.92. The van der Waals surface area contributed by atoms with Crippen LogP contribution in [0.4, 0.5) is 0 Å². The smallest absolute Gasteiger partial charge is 0.303 e. The Morgan fingerprint density at radius 1 is 1.08 bits per heavy atom. The standard InChI is InChI=1S/C20H23NO5/c1-14-3-5-15(6-4-14)13-26-18-11-17(25-2)8-7-16(18)12-21-19(22)9-10-20(23)24/h3-8,11H,9-10,12-13H2,1-2H3,(H,21,22)(H,23,24). The van der Waals surface area contributed by atoms with Crippen molar-refractivity contribution >= 4 is 11.9 Å². The van der Waals surface area contributed by atoms with Crippen LogP contribution in [0.2, 0.25) is 0 Å². The van der Waals surface area contributed by atoms with Gasteiger partial charge in [-0.1, -0.05) is 29.8 Å². The quantitative estimate of drug-likeness (QED) is 0.720. The molecule has 2 aromatic rings. The number of benzene rings is 2. The molecule has 2 N–H and O–H groups in total. The molecule has 0 aromatic heterocycles. The molecule has 6 heteroatoms. The van der Waals surface area contributed by atoms with Gasteiger partial charge in [-0.3, -0.25) is 9.59 Å². The molecule has 0 radical (unpaired) electrons. The van der Waals surface area contributed by atoms with Crippen LogP contribution in [0.3, 0.4) is 0 Å². The van der Waals surface area contributed by atoms with Crippen molar-refractivity contribution in [3.05, 3.63) is 59.2 Å². The fourth-order valence-corrected chi connectivity index (χ4v) is 2.29. The number of amides is 1. The predicted molar refractivity (Wildman–Crippen MR) is 97.2 cm³/mol. The molecule has 0 heterocycles. The summed E-state index contributed by atoms with van der Waals surface area (Å²) in [7, 11) is 1.58. The summed E-state index contributed by atoms with van der Waals surface area (Å²) in [6.07, 6.45) is -0.240. The van der Waals surface area contributed by atoms with Gasteiger partial charge in [0.25, 0.3) is 0 Å². The van der Waals surface area contributed by atoms with Crippen LogP contribution >= 0.6 is 0 Å². The molecule has 2 aromatic carbocycles. The number of methoxy groups -OCH3 is 1. The molecule has 0 bridgehead atoms. The molecule has 1 amide bonds. The molecule has 0 aliphatic rings. The van der Waals surface area contributed by atoms with E-state index in [4.69, 9.17) is 14.6 Å². The molecule has 0 unspecified atom stereocenters. The zero-order valence-electron chi connectivity index (χ0n) is 15.0. The topological polar surface area (TPSA) is 84.9 Å². The number of carbonyl (C=O) groups is 2. The van der Waals surface area contributed by atoms with Crippen LogP contribution in [0, 0.1) is 6.92 Å². The van der Waals surface area contributed by atoms with Gasteiger partial charge in [0, 0.05) is 24.6 Å². The van der Waals surface area contributed by atoms with Gasteiger partial charge < -0.3 is 19.9 Å². The number of nitrogens with one attached hydrogen (secondary N) is 1. The Balaban J connectivity index is 2.02. The Hall–Kier alpha value is -3.02. The summed E-state index contributed by atoms with van der Waals surface area (Å²) in [6.45, 7) is 2.68. The van der Waals surface area contributed by atoms with Crippen molar-refractivity contribution in [2.75, 3.05) is 7.11 Å². The maximum absolute atomic E-state index is 11.7. The van der Waals surface area contributed by atoms with E-state index in [0.717, 1.165) is 11.1 Å². The number of aliphatic carboxylic acids is 1. The van der Waals surface area contributed by atoms with Gasteiger partial charge >= 0.3 is 5.97 Å². The van der Waals surface area contributed by atoms with Crippen molar-refractivity contribution in [1.82, 2.24) is 5.32 Å². The highest BCUT2D eigenvalue weighted by Gasteiger charge is 2.10. The number of carboxylic acids is 1. The lowest BCUT2D eigenvalue weighted by atomic mass is 10.1. The third-order valence-electron chi connectivity index (χ3n) is 3.83. The molecule has 0 spiro atoms. The van der Waals surface area contributed by atoms with E-state index in [-0.39, 0.29) is 25.3 Å². The molecule has 6 nitrogen and oxygen atoms in total. The van der Waals surface area contributed by atoms with E-state index in [1.807, 2.05) is 37.3 Å². The molecular formula is C20H23NO5. The van der Waals surface area contributed by atoms with Crippen LogP contribution in [0.1, 0.15) is 29.5 Å². The van der Waals surface area contributed by atoms with Gasteiger partial charge in [0.2, 0.25) is 5.91 Å². The van der Waals surface area contributed by atoms with Gasteiger partial charge in [-0.2, -0.15) is 0 Å². The van der Waals surface area contributed by atoms with Gasteiger partial charge in [-0.15, -0.1) is 0 Å². The summed E-state index contributed by atoms with van der Waals surface area (Å²) in [5.41, 5.74) is 3.01. The van der Waals surface area contributed by atoms with Crippen LogP contribution in [-0.4, -0.2) is 24.1 Å². The molecule has 0 atom stereocenters. The van der Waals surface area contributed by atoms with E-state index >= 15 is 0 Å². The highest BCUT2D eigenvalue weighted by Crippen LogP contribution is 2.26. The molecule has 0 saturated heterocycles. The maximum atomic E-state index is 11.7. The van der Waals surface area contributed by atoms with Crippen LogP contribution < -0.4 is 14.8 Å². The van der Waals surface area contributed by atoms with Crippen molar-refractivity contribution in [2.24, 2.45) is 0 Å². The first-order chi connectivity index (χ1) is 12.5. The van der Waals surface area contributed by atoms with Crippen molar-refractivity contribution in [3.63, 3.8) is 0 Å². The lowest BCUT2D eigenvalue weighted by molar-refractivity contribution is -0.138. The molecule has 0 saturated carbocycles. The van der Waals surface area contributed by atoms with Gasteiger partial charge in [-0.05, 0) is 24.6 Å². The van der Waals surface area contributed by atoms with Crippen molar-refractivity contribution in [1.29, 1.82) is 0 Å². The minimum absolute atomic E-state index is 0.0506. The predicted octanol–water partition coefficient (Wildman–Crippen LogP) is 3.06. The van der Waals surface area contributed by atoms with Crippen molar-refractivity contribution < 1.29 is 24.2 Å². The van der Waals surface area contributed by atoms with Crippen molar-refractivity contribution in [2.45, 2.75) is 32.9 Å². The normalized spacial score (nSPS) is 10.2. The fraction of sp³-hybridized carbons (Fsp3) is 0.300. The monoisotopic (exact) mass is 357 g/mol. The third-order valence-corrected chi connectivity index (χ3v) is 3.83. The molecular weight excluding hydrogens is 334 g/mol. The van der Waals surface area contributed by atoms with Gasteiger partial charge in [0.1, 0.15) is 18.1 Å². The highest BCUT2D eigenvalue weighted by molar-refractivity contribution is 5.80. The van der Waals surface area contributed by atoms with Crippen molar-refractivity contribution in [3.8, 4) is 11.5 Å². The molecule has 0 aliphatic heterocycles. The Morgan fingerprint density at radius 3 is 2.46 bits per heavy atom. The van der Waals surface area contributed by atoms with E-state index in [0.29, 0.717) is 18.1 Å². The maximum Gasteiger partial charge on any atom is 0.303 e. The summed E-state index contributed by atoms with van der Waals surface area (Å²) in [6, 6.07) is 13.4. The van der Waals surface area contributed by atoms with E-state index in [1.54, 1.807) is 19.2 Å². The second kappa shape index (κ2) is 9.46. The summed E-state index contributed by atoms with van der Waals surface area (Å²) < 4.78 is 11.1. The average Bonchev–Trinajstić information content (AvgIpc) is 2.64. The summed E-state index contributed by atoms with van der Waals surface area (Å²) in [5, 5.41) is 11.3. The van der Waals surface area contributed by atoms with E-state index in [9.17, 15) is 9.59 Å². The minimum atomic E-state index is -0.994. The molecule has 26 heavy (non-hydrogen) atoms. The summed E-state index contributed by atoms with van der Waals surface area (Å²) in [5.74, 6) is -0.0345. The highest BCUT2D eigenvalue weighted by atomic mass is 16.5. The summed E-state index contributed by atoms with van der Waals surface area (Å²) >= 11 is 0. The average molecular weight is 357 g/mol.